The first kappa shape index (κ1) is 18.4. The van der Waals surface area contributed by atoms with E-state index < -0.39 is 0 Å². The minimum Gasteiger partial charge on any atom is -0.496 e. The molecule has 3 N–H and O–H groups in total. The number of fused-ring (bicyclic) bond motifs is 1. The van der Waals surface area contributed by atoms with Crippen molar-refractivity contribution in [2.24, 2.45) is 5.73 Å². The molecule has 0 saturated carbocycles. The van der Waals surface area contributed by atoms with Gasteiger partial charge in [-0.25, -0.2) is 0 Å². The van der Waals surface area contributed by atoms with E-state index in [9.17, 15) is 4.79 Å². The second-order valence-corrected chi connectivity index (χ2v) is 6.61. The van der Waals surface area contributed by atoms with Crippen molar-refractivity contribution < 1.29 is 9.53 Å². The van der Waals surface area contributed by atoms with E-state index >= 15 is 0 Å². The summed E-state index contributed by atoms with van der Waals surface area (Å²) >= 11 is 0. The predicted octanol–water partition coefficient (Wildman–Crippen LogP) is 4.08. The average Bonchev–Trinajstić information content (AvgIpc) is 2.75. The fourth-order valence-electron chi connectivity index (χ4n) is 3.28. The minimum atomic E-state index is -0.352. The van der Waals surface area contributed by atoms with Crippen LogP contribution in [0.2, 0.25) is 0 Å². The number of nitrogens with two attached hydrogens (primary N) is 1. The Hall–Kier alpha value is -3.93. The van der Waals surface area contributed by atoms with Crippen LogP contribution in [0.15, 0.2) is 72.8 Å². The van der Waals surface area contributed by atoms with Crippen LogP contribution in [0, 0.1) is 0 Å². The zero-order valence-corrected chi connectivity index (χ0v) is 15.9. The molecule has 0 saturated heterocycles. The van der Waals surface area contributed by atoms with Crippen molar-refractivity contribution in [1.29, 1.82) is 0 Å². The number of carbonyl (C=O) groups excluding carboxylic acids is 1. The molecule has 29 heavy (non-hydrogen) atoms. The largest absolute Gasteiger partial charge is 0.496 e. The van der Waals surface area contributed by atoms with Gasteiger partial charge in [-0.2, -0.15) is 0 Å². The number of aromatic nitrogens is 2. The van der Waals surface area contributed by atoms with E-state index in [2.05, 4.69) is 15.5 Å². The number of nitrogens with one attached hydrogen (secondary N) is 1. The summed E-state index contributed by atoms with van der Waals surface area (Å²) in [5.74, 6) is 1.05. The number of para-hydroxylation sites is 1. The number of ether oxygens (including phenoxy) is 1. The monoisotopic (exact) mass is 384 g/mol. The molecule has 0 fully saturated rings. The first-order chi connectivity index (χ1) is 14.2. The van der Waals surface area contributed by atoms with Gasteiger partial charge in [0.1, 0.15) is 11.4 Å². The molecule has 4 aromatic rings. The molecule has 0 aliphatic rings. The molecule has 0 aliphatic carbocycles. The topological polar surface area (TPSA) is 90.1 Å². The maximum absolute atomic E-state index is 11.1. The van der Waals surface area contributed by atoms with Gasteiger partial charge in [0.2, 0.25) is 5.91 Å². The van der Waals surface area contributed by atoms with E-state index in [1.165, 1.54) is 0 Å². The minimum absolute atomic E-state index is 0.219. The molecule has 3 aromatic carbocycles. The van der Waals surface area contributed by atoms with Crippen molar-refractivity contribution in [2.75, 3.05) is 12.4 Å². The van der Waals surface area contributed by atoms with Crippen molar-refractivity contribution in [3.63, 3.8) is 0 Å². The number of amides is 1. The van der Waals surface area contributed by atoms with E-state index in [4.69, 9.17) is 10.5 Å². The number of rotatable bonds is 6. The van der Waals surface area contributed by atoms with Crippen LogP contribution < -0.4 is 15.8 Å². The maximum atomic E-state index is 11.1. The Morgan fingerprint density at radius 3 is 2.34 bits per heavy atom. The highest BCUT2D eigenvalue weighted by atomic mass is 16.5. The highest BCUT2D eigenvalue weighted by Gasteiger charge is 2.14. The molecule has 0 unspecified atom stereocenters. The van der Waals surface area contributed by atoms with Crippen LogP contribution in [-0.2, 0) is 11.2 Å². The molecule has 0 radical (unpaired) electrons. The second-order valence-electron chi connectivity index (χ2n) is 6.61. The molecule has 0 spiro atoms. The van der Waals surface area contributed by atoms with Crippen LogP contribution >= 0.6 is 0 Å². The zero-order valence-electron chi connectivity index (χ0n) is 15.9. The van der Waals surface area contributed by atoms with Gasteiger partial charge in [-0.3, -0.25) is 4.79 Å². The molecular formula is C23H20N4O2. The zero-order chi connectivity index (χ0) is 20.2. The summed E-state index contributed by atoms with van der Waals surface area (Å²) in [6.45, 7) is 0. The Balaban J connectivity index is 1.73. The van der Waals surface area contributed by atoms with Gasteiger partial charge in [0, 0.05) is 22.0 Å². The lowest BCUT2D eigenvalue weighted by atomic mass is 10.0. The third-order valence-corrected chi connectivity index (χ3v) is 4.64. The van der Waals surface area contributed by atoms with Gasteiger partial charge in [0.25, 0.3) is 0 Å². The number of hydrogen-bond donors (Lipinski definition) is 2. The quantitative estimate of drug-likeness (QED) is 0.523. The molecule has 6 heteroatoms. The van der Waals surface area contributed by atoms with Gasteiger partial charge in [0.15, 0.2) is 5.82 Å². The fourth-order valence-corrected chi connectivity index (χ4v) is 3.28. The molecule has 6 nitrogen and oxygen atoms in total. The van der Waals surface area contributed by atoms with Crippen molar-refractivity contribution >= 4 is 28.2 Å². The molecule has 0 aliphatic heterocycles. The molecule has 0 atom stereocenters. The fraction of sp³-hybridized carbons (Fsp3) is 0.0870. The summed E-state index contributed by atoms with van der Waals surface area (Å²) in [7, 11) is 1.65. The highest BCUT2D eigenvalue weighted by molar-refractivity contribution is 6.01. The van der Waals surface area contributed by atoms with Crippen molar-refractivity contribution in [3.8, 4) is 17.0 Å². The van der Waals surface area contributed by atoms with Crippen molar-refractivity contribution in [1.82, 2.24) is 10.2 Å². The first-order valence-electron chi connectivity index (χ1n) is 9.19. The summed E-state index contributed by atoms with van der Waals surface area (Å²) in [4.78, 5) is 11.1. The number of anilines is 2. The third-order valence-electron chi connectivity index (χ3n) is 4.64. The summed E-state index contributed by atoms with van der Waals surface area (Å²) in [6, 6.07) is 23.3. The number of hydrogen-bond acceptors (Lipinski definition) is 5. The molecule has 1 heterocycles. The average molecular weight is 384 g/mol. The maximum Gasteiger partial charge on any atom is 0.221 e. The number of nitrogens with zero attached hydrogens (tertiary/aromatic N) is 2. The van der Waals surface area contributed by atoms with E-state index in [1.807, 2.05) is 72.8 Å². The molecule has 144 valence electrons. The van der Waals surface area contributed by atoms with Crippen molar-refractivity contribution in [3.05, 3.63) is 78.4 Å². The van der Waals surface area contributed by atoms with E-state index in [0.29, 0.717) is 5.82 Å². The predicted molar refractivity (Wildman–Crippen MR) is 114 cm³/mol. The number of methoxy groups -OCH3 is 1. The van der Waals surface area contributed by atoms with Gasteiger partial charge in [-0.15, -0.1) is 10.2 Å². The van der Waals surface area contributed by atoms with Crippen LogP contribution in [0.3, 0.4) is 0 Å². The molecule has 4 rings (SSSR count). The van der Waals surface area contributed by atoms with Gasteiger partial charge >= 0.3 is 0 Å². The van der Waals surface area contributed by atoms with Crippen LogP contribution in [-0.4, -0.2) is 23.2 Å². The van der Waals surface area contributed by atoms with E-state index in [1.54, 1.807) is 7.11 Å². The Kier molecular flexibility index (Phi) is 5.07. The SMILES string of the molecule is COc1ccccc1-c1nnc(Nc2ccc(CC(N)=O)cc2)c2ccccc12. The second kappa shape index (κ2) is 7.98. The standard InChI is InChI=1S/C23H20N4O2/c1-29-20-9-5-4-8-19(20)22-17-6-2-3-7-18(17)23(27-26-22)25-16-12-10-15(11-13-16)14-21(24)28/h2-13H,14H2,1H3,(H2,24,28)(H,25,27). The van der Waals surface area contributed by atoms with Gasteiger partial charge in [-0.1, -0.05) is 48.5 Å². The number of benzene rings is 3. The normalized spacial score (nSPS) is 10.7. The summed E-state index contributed by atoms with van der Waals surface area (Å²) in [6.07, 6.45) is 0.219. The van der Waals surface area contributed by atoms with E-state index in [0.717, 1.165) is 39.0 Å². The summed E-state index contributed by atoms with van der Waals surface area (Å²) in [5, 5.41) is 14.2. The van der Waals surface area contributed by atoms with Gasteiger partial charge in [-0.05, 0) is 29.8 Å². The van der Waals surface area contributed by atoms with Crippen LogP contribution in [0.1, 0.15) is 5.56 Å². The smallest absolute Gasteiger partial charge is 0.221 e. The van der Waals surface area contributed by atoms with Crippen LogP contribution in [0.5, 0.6) is 5.75 Å². The lowest BCUT2D eigenvalue weighted by Gasteiger charge is -2.13. The Labute approximate surface area is 168 Å². The van der Waals surface area contributed by atoms with E-state index in [-0.39, 0.29) is 12.3 Å². The lowest BCUT2D eigenvalue weighted by Crippen LogP contribution is -2.13. The third kappa shape index (κ3) is 3.87. The van der Waals surface area contributed by atoms with Crippen LogP contribution in [0.25, 0.3) is 22.0 Å². The first-order valence-corrected chi connectivity index (χ1v) is 9.19. The summed E-state index contributed by atoms with van der Waals surface area (Å²) < 4.78 is 5.50. The Morgan fingerprint density at radius 2 is 1.62 bits per heavy atom. The molecule has 1 amide bonds. The van der Waals surface area contributed by atoms with Gasteiger partial charge in [0.05, 0.1) is 13.5 Å². The number of primary amides is 1. The van der Waals surface area contributed by atoms with Crippen LogP contribution in [0.4, 0.5) is 11.5 Å². The molecular weight excluding hydrogens is 364 g/mol. The summed E-state index contributed by atoms with van der Waals surface area (Å²) in [5.41, 5.74) is 8.62. The van der Waals surface area contributed by atoms with Crippen molar-refractivity contribution in [2.45, 2.75) is 6.42 Å². The molecule has 1 aromatic heterocycles. The Bertz CT molecular complexity index is 1170. The lowest BCUT2D eigenvalue weighted by molar-refractivity contribution is -0.117. The molecule has 0 bridgehead atoms. The highest BCUT2D eigenvalue weighted by Crippen LogP contribution is 2.35. The van der Waals surface area contributed by atoms with Gasteiger partial charge < -0.3 is 15.8 Å². The Morgan fingerprint density at radius 1 is 0.931 bits per heavy atom. The number of carbonyl (C=O) groups is 1.